The highest BCUT2D eigenvalue weighted by atomic mass is 19.4. The van der Waals surface area contributed by atoms with Crippen molar-refractivity contribution in [1.82, 2.24) is 0 Å². The molecule has 0 saturated heterocycles. The molecular formula is C60H26F6N8. The lowest BCUT2D eigenvalue weighted by Gasteiger charge is -2.28. The first-order valence-corrected chi connectivity index (χ1v) is 22.1. The maximum absolute atomic E-state index is 14.4. The molecule has 2 atom stereocenters. The van der Waals surface area contributed by atoms with Gasteiger partial charge >= 0.3 is 12.4 Å². The van der Waals surface area contributed by atoms with Gasteiger partial charge in [0, 0.05) is 33.8 Å². The molecule has 0 N–H and O–H groups in total. The minimum absolute atomic E-state index is 0.00756. The van der Waals surface area contributed by atoms with E-state index >= 15 is 0 Å². The van der Waals surface area contributed by atoms with Gasteiger partial charge in [0.15, 0.2) is 0 Å². The van der Waals surface area contributed by atoms with E-state index in [4.69, 9.17) is 0 Å². The number of allylic oxidation sites excluding steroid dienone is 6. The van der Waals surface area contributed by atoms with Gasteiger partial charge < -0.3 is 0 Å². The predicted octanol–water partition coefficient (Wildman–Crippen LogP) is 14.3. The zero-order valence-corrected chi connectivity index (χ0v) is 37.9. The molecule has 8 nitrogen and oxygen atoms in total. The van der Waals surface area contributed by atoms with Gasteiger partial charge in [-0.05, 0) is 116 Å². The van der Waals surface area contributed by atoms with Gasteiger partial charge in [0.25, 0.3) is 0 Å². The largest absolute Gasteiger partial charge is 0.416 e. The van der Waals surface area contributed by atoms with E-state index in [1.165, 1.54) is 36.4 Å². The summed E-state index contributed by atoms with van der Waals surface area (Å²) in [6.07, 6.45) is -9.67. The first kappa shape index (κ1) is 48.3. The molecule has 348 valence electrons. The quantitative estimate of drug-likeness (QED) is 0.111. The number of benzene rings is 7. The van der Waals surface area contributed by atoms with Crippen LogP contribution in [0.4, 0.5) is 26.3 Å². The van der Waals surface area contributed by atoms with Crippen molar-refractivity contribution in [3.8, 4) is 70.8 Å². The Labute approximate surface area is 418 Å². The summed E-state index contributed by atoms with van der Waals surface area (Å²) < 4.78 is 86.7. The van der Waals surface area contributed by atoms with E-state index < -0.39 is 35.3 Å². The number of rotatable bonds is 7. The Morgan fingerprint density at radius 3 is 1.32 bits per heavy atom. The Morgan fingerprint density at radius 2 is 0.892 bits per heavy atom. The summed E-state index contributed by atoms with van der Waals surface area (Å²) in [4.78, 5) is 0. The van der Waals surface area contributed by atoms with E-state index in [1.54, 1.807) is 60.7 Å². The third kappa shape index (κ3) is 8.15. The minimum Gasteiger partial charge on any atom is -0.198 e. The molecule has 0 aliphatic heterocycles. The number of halogens is 6. The lowest BCUT2D eigenvalue weighted by atomic mass is 9.72. The van der Waals surface area contributed by atoms with Gasteiger partial charge in [-0.1, -0.05) is 84.9 Å². The van der Waals surface area contributed by atoms with Gasteiger partial charge in [-0.3, -0.25) is 0 Å². The molecule has 7 aromatic rings. The number of nitriles is 8. The Bertz CT molecular complexity index is 3930. The van der Waals surface area contributed by atoms with Crippen molar-refractivity contribution < 1.29 is 26.3 Å². The molecule has 0 amide bonds. The van der Waals surface area contributed by atoms with Crippen LogP contribution in [-0.2, 0) is 12.4 Å². The van der Waals surface area contributed by atoms with Crippen LogP contribution in [0.3, 0.4) is 0 Å². The second-order valence-electron chi connectivity index (χ2n) is 17.0. The molecule has 2 unspecified atom stereocenters. The molecule has 74 heavy (non-hydrogen) atoms. The third-order valence-corrected chi connectivity index (χ3v) is 12.9. The summed E-state index contributed by atoms with van der Waals surface area (Å²) in [5, 5.41) is 87.0. The molecule has 7 aromatic carbocycles. The maximum atomic E-state index is 14.4. The number of alkyl halides is 6. The second-order valence-corrected chi connectivity index (χ2v) is 17.0. The highest BCUT2D eigenvalue weighted by Crippen LogP contribution is 2.64. The van der Waals surface area contributed by atoms with Crippen molar-refractivity contribution in [2.75, 3.05) is 0 Å². The summed E-state index contributed by atoms with van der Waals surface area (Å²) >= 11 is 0. The van der Waals surface area contributed by atoms with E-state index in [0.29, 0.717) is 11.1 Å². The molecule has 9 rings (SSSR count). The van der Waals surface area contributed by atoms with E-state index in [0.717, 1.165) is 48.5 Å². The van der Waals surface area contributed by atoms with Crippen LogP contribution in [0.5, 0.6) is 0 Å². The molecule has 0 heterocycles. The summed E-state index contributed by atoms with van der Waals surface area (Å²) in [5.41, 5.74) is -1.62. The van der Waals surface area contributed by atoms with E-state index in [-0.39, 0.29) is 111 Å². The van der Waals surface area contributed by atoms with Crippen LogP contribution < -0.4 is 0 Å². The summed E-state index contributed by atoms with van der Waals surface area (Å²) in [5.74, 6) is -2.79. The summed E-state index contributed by atoms with van der Waals surface area (Å²) in [6, 6.07) is 49.6. The Balaban J connectivity index is 1.62. The van der Waals surface area contributed by atoms with E-state index in [1.807, 2.05) is 24.3 Å². The van der Waals surface area contributed by atoms with Crippen LogP contribution in [0.2, 0.25) is 0 Å². The molecule has 0 bridgehead atoms. The monoisotopic (exact) mass is 972 g/mol. The summed E-state index contributed by atoms with van der Waals surface area (Å²) in [7, 11) is 0. The SMILES string of the molecule is N#CC1=C(c2ccccc2)/C(=C(/C#N)c2cc(C#N)cc(C#N)c2)c2c1c(-c1ccc(C(F)(F)F)cc1)c1c(c2-c2ccc(C(F)(F)F)cc2)C(C#N)=C(c2ccccc2)C1C(C#N)c1cc(C#N)cc(C#N)c1. The lowest BCUT2D eigenvalue weighted by Crippen LogP contribution is -2.14. The fourth-order valence-electron chi connectivity index (χ4n) is 10.0. The van der Waals surface area contributed by atoms with Crippen molar-refractivity contribution in [2.24, 2.45) is 0 Å². The molecule has 2 aliphatic carbocycles. The Hall–Kier alpha value is -10.7. The van der Waals surface area contributed by atoms with Crippen molar-refractivity contribution in [3.63, 3.8) is 0 Å². The molecular weight excluding hydrogens is 947 g/mol. The fourth-order valence-corrected chi connectivity index (χ4v) is 10.0. The van der Waals surface area contributed by atoms with Crippen LogP contribution in [0.1, 0.15) is 89.7 Å². The van der Waals surface area contributed by atoms with Crippen LogP contribution in [-0.4, -0.2) is 0 Å². The van der Waals surface area contributed by atoms with Gasteiger partial charge in [-0.2, -0.15) is 68.4 Å². The molecule has 14 heteroatoms. The first-order valence-electron chi connectivity index (χ1n) is 22.1. The first-order chi connectivity index (χ1) is 35.6. The Morgan fingerprint density at radius 1 is 0.432 bits per heavy atom. The lowest BCUT2D eigenvalue weighted by molar-refractivity contribution is -0.138. The van der Waals surface area contributed by atoms with Crippen molar-refractivity contribution in [1.29, 1.82) is 42.1 Å². The average Bonchev–Trinajstić information content (AvgIpc) is 3.93. The van der Waals surface area contributed by atoms with Gasteiger partial charge in [-0.25, -0.2) is 0 Å². The average molecular weight is 973 g/mol. The van der Waals surface area contributed by atoms with Crippen molar-refractivity contribution >= 4 is 33.4 Å². The molecule has 0 saturated carbocycles. The molecule has 0 fully saturated rings. The minimum atomic E-state index is -4.84. The van der Waals surface area contributed by atoms with Crippen LogP contribution in [0, 0.1) is 90.6 Å². The van der Waals surface area contributed by atoms with Crippen LogP contribution in [0.25, 0.3) is 55.7 Å². The number of hydrogen-bond donors (Lipinski definition) is 0. The number of nitrogens with zero attached hydrogens (tertiary/aromatic N) is 8. The number of fused-ring (bicyclic) bond motifs is 2. The second kappa shape index (κ2) is 18.9. The Kier molecular flexibility index (Phi) is 12.3. The van der Waals surface area contributed by atoms with Gasteiger partial charge in [0.2, 0.25) is 0 Å². The predicted molar refractivity (Wildman–Crippen MR) is 260 cm³/mol. The van der Waals surface area contributed by atoms with Gasteiger partial charge in [-0.15, -0.1) is 0 Å². The topological polar surface area (TPSA) is 190 Å². The normalized spacial score (nSPS) is 14.6. The maximum Gasteiger partial charge on any atom is 0.416 e. The summed E-state index contributed by atoms with van der Waals surface area (Å²) in [6.45, 7) is 0. The van der Waals surface area contributed by atoms with Gasteiger partial charge in [0.1, 0.15) is 18.2 Å². The molecule has 0 aromatic heterocycles. The molecule has 2 aliphatic rings. The van der Waals surface area contributed by atoms with Crippen molar-refractivity contribution in [3.05, 3.63) is 223 Å². The molecule has 0 radical (unpaired) electrons. The third-order valence-electron chi connectivity index (χ3n) is 12.9. The molecule has 0 spiro atoms. The zero-order chi connectivity index (χ0) is 52.6. The van der Waals surface area contributed by atoms with Crippen LogP contribution in [0.15, 0.2) is 146 Å². The van der Waals surface area contributed by atoms with Crippen molar-refractivity contribution in [2.45, 2.75) is 24.2 Å². The van der Waals surface area contributed by atoms with E-state index in [9.17, 15) is 68.4 Å². The number of hydrogen-bond acceptors (Lipinski definition) is 8. The zero-order valence-electron chi connectivity index (χ0n) is 37.9. The highest BCUT2D eigenvalue weighted by molar-refractivity contribution is 6.34. The highest BCUT2D eigenvalue weighted by Gasteiger charge is 2.47. The van der Waals surface area contributed by atoms with Gasteiger partial charge in [0.05, 0.1) is 86.4 Å². The van der Waals surface area contributed by atoms with E-state index in [2.05, 4.69) is 24.3 Å². The fraction of sp³-hybridized carbons (Fsp3) is 0.0667. The van der Waals surface area contributed by atoms with Crippen LogP contribution >= 0.6 is 0 Å². The smallest absolute Gasteiger partial charge is 0.198 e. The standard InChI is InChI=1S/C60H26F6N8/c61-59(62,63)43-15-11-39(12-16-43)51-55-47(31-73)49(37-7-3-1-4-8-37)53(45(29-71)41-21-33(25-67)19-34(22-41)26-68)57(55)52(40-13-17-44(18-14-40)60(64,65)66)56-48(32-74)50(38-9-5-2-6-10-38)54(58(51)56)46(30-72)42-23-35(27-69)20-36(24-42)28-70/h1-24,45,53H/b54-46+.